The van der Waals surface area contributed by atoms with Gasteiger partial charge in [0.2, 0.25) is 0 Å². The molecule has 0 spiro atoms. The molecule has 0 aliphatic rings. The highest BCUT2D eigenvalue weighted by Crippen LogP contribution is 2.21. The average Bonchev–Trinajstić information content (AvgIpc) is 2.65. The lowest BCUT2D eigenvalue weighted by Gasteiger charge is -2.26. The third-order valence-electron chi connectivity index (χ3n) is 4.29. The standard InChI is InChI=1S/C21H31N5.HI/c1-6-22-20(24-15-17-12-13-23-19(14-17)26(4)5)25-16-21(2,3)18-10-8-7-9-11-18;/h7-14H,6,15-16H2,1-5H3,(H2,22,24,25);1H. The summed E-state index contributed by atoms with van der Waals surface area (Å²) in [6.07, 6.45) is 1.83. The van der Waals surface area contributed by atoms with E-state index >= 15 is 0 Å². The number of nitrogens with one attached hydrogen (secondary N) is 2. The van der Waals surface area contributed by atoms with Crippen LogP contribution in [0.1, 0.15) is 31.9 Å². The number of aliphatic imine (C=N–C) groups is 1. The van der Waals surface area contributed by atoms with Gasteiger partial charge in [-0.3, -0.25) is 0 Å². The Morgan fingerprint density at radius 2 is 1.81 bits per heavy atom. The first-order valence-electron chi connectivity index (χ1n) is 9.12. The van der Waals surface area contributed by atoms with Crippen molar-refractivity contribution in [1.82, 2.24) is 15.6 Å². The van der Waals surface area contributed by atoms with Crippen LogP contribution in [0.5, 0.6) is 0 Å². The zero-order valence-electron chi connectivity index (χ0n) is 17.0. The molecule has 5 nitrogen and oxygen atoms in total. The van der Waals surface area contributed by atoms with E-state index in [1.807, 2.05) is 31.3 Å². The average molecular weight is 481 g/mol. The monoisotopic (exact) mass is 481 g/mol. The molecule has 2 N–H and O–H groups in total. The van der Waals surface area contributed by atoms with E-state index in [1.54, 1.807) is 0 Å². The molecule has 2 aromatic rings. The summed E-state index contributed by atoms with van der Waals surface area (Å²) in [7, 11) is 3.99. The third kappa shape index (κ3) is 7.36. The van der Waals surface area contributed by atoms with E-state index in [-0.39, 0.29) is 29.4 Å². The van der Waals surface area contributed by atoms with Gasteiger partial charge in [0.25, 0.3) is 0 Å². The summed E-state index contributed by atoms with van der Waals surface area (Å²) in [5.74, 6) is 1.78. The molecule has 1 aromatic heterocycles. The van der Waals surface area contributed by atoms with Crippen LogP contribution in [0.15, 0.2) is 53.7 Å². The molecule has 0 atom stereocenters. The van der Waals surface area contributed by atoms with Gasteiger partial charge in [0.05, 0.1) is 6.54 Å². The van der Waals surface area contributed by atoms with Crippen molar-refractivity contribution in [2.45, 2.75) is 32.7 Å². The van der Waals surface area contributed by atoms with Crippen molar-refractivity contribution in [3.8, 4) is 0 Å². The summed E-state index contributed by atoms with van der Waals surface area (Å²) < 4.78 is 0. The van der Waals surface area contributed by atoms with Gasteiger partial charge < -0.3 is 15.5 Å². The van der Waals surface area contributed by atoms with Crippen molar-refractivity contribution in [1.29, 1.82) is 0 Å². The van der Waals surface area contributed by atoms with Crippen LogP contribution >= 0.6 is 24.0 Å². The highest BCUT2D eigenvalue weighted by atomic mass is 127. The molecule has 0 aliphatic heterocycles. The Morgan fingerprint density at radius 3 is 2.44 bits per heavy atom. The lowest BCUT2D eigenvalue weighted by Crippen LogP contribution is -2.43. The number of anilines is 1. The summed E-state index contributed by atoms with van der Waals surface area (Å²) in [6.45, 7) is 8.82. The van der Waals surface area contributed by atoms with Crippen LogP contribution in [0.3, 0.4) is 0 Å². The van der Waals surface area contributed by atoms with Crippen molar-refractivity contribution in [2.24, 2.45) is 4.99 Å². The molecule has 0 unspecified atom stereocenters. The zero-order chi connectivity index (χ0) is 19.0. The minimum Gasteiger partial charge on any atom is -0.363 e. The van der Waals surface area contributed by atoms with Gasteiger partial charge >= 0.3 is 0 Å². The van der Waals surface area contributed by atoms with Gasteiger partial charge in [0.15, 0.2) is 5.96 Å². The maximum absolute atomic E-state index is 4.73. The normalized spacial score (nSPS) is 11.5. The van der Waals surface area contributed by atoms with E-state index in [0.717, 1.165) is 30.4 Å². The summed E-state index contributed by atoms with van der Waals surface area (Å²) in [5.41, 5.74) is 2.47. The first kappa shape index (κ1) is 23.2. The molecular formula is C21H32IN5. The van der Waals surface area contributed by atoms with Crippen molar-refractivity contribution < 1.29 is 0 Å². The number of guanidine groups is 1. The Labute approximate surface area is 180 Å². The first-order chi connectivity index (χ1) is 12.4. The van der Waals surface area contributed by atoms with Gasteiger partial charge in [0.1, 0.15) is 5.82 Å². The summed E-state index contributed by atoms with van der Waals surface area (Å²) >= 11 is 0. The van der Waals surface area contributed by atoms with E-state index in [2.05, 4.69) is 72.8 Å². The minimum atomic E-state index is 0. The fourth-order valence-electron chi connectivity index (χ4n) is 2.61. The maximum atomic E-state index is 4.73. The van der Waals surface area contributed by atoms with Crippen LogP contribution < -0.4 is 15.5 Å². The van der Waals surface area contributed by atoms with E-state index in [9.17, 15) is 0 Å². The van der Waals surface area contributed by atoms with Gasteiger partial charge in [-0.05, 0) is 30.2 Å². The van der Waals surface area contributed by atoms with E-state index < -0.39 is 0 Å². The van der Waals surface area contributed by atoms with Crippen LogP contribution in [0.4, 0.5) is 5.82 Å². The zero-order valence-corrected chi connectivity index (χ0v) is 19.3. The first-order valence-corrected chi connectivity index (χ1v) is 9.12. The molecular weight excluding hydrogens is 449 g/mol. The number of pyridine rings is 1. The van der Waals surface area contributed by atoms with Gasteiger partial charge in [-0.25, -0.2) is 9.98 Å². The molecule has 148 valence electrons. The third-order valence-corrected chi connectivity index (χ3v) is 4.29. The molecule has 2 rings (SSSR count). The summed E-state index contributed by atoms with van der Waals surface area (Å²) in [4.78, 5) is 11.1. The molecule has 0 amide bonds. The molecule has 1 heterocycles. The van der Waals surface area contributed by atoms with Crippen molar-refractivity contribution in [3.05, 3.63) is 59.8 Å². The van der Waals surface area contributed by atoms with Crippen molar-refractivity contribution >= 4 is 35.8 Å². The Morgan fingerprint density at radius 1 is 1.11 bits per heavy atom. The predicted octanol–water partition coefficient (Wildman–Crippen LogP) is 3.80. The Hall–Kier alpha value is -1.83. The highest BCUT2D eigenvalue weighted by Gasteiger charge is 2.20. The second-order valence-electron chi connectivity index (χ2n) is 7.22. The van der Waals surface area contributed by atoms with E-state index in [1.165, 1.54) is 5.56 Å². The topological polar surface area (TPSA) is 52.6 Å². The second kappa shape index (κ2) is 11.1. The molecule has 27 heavy (non-hydrogen) atoms. The Balaban J connectivity index is 0.00000364. The fourth-order valence-corrected chi connectivity index (χ4v) is 2.61. The maximum Gasteiger partial charge on any atom is 0.191 e. The highest BCUT2D eigenvalue weighted by molar-refractivity contribution is 14.0. The molecule has 0 radical (unpaired) electrons. The number of hydrogen-bond acceptors (Lipinski definition) is 3. The second-order valence-corrected chi connectivity index (χ2v) is 7.22. The number of benzene rings is 1. The molecule has 0 fully saturated rings. The quantitative estimate of drug-likeness (QED) is 0.359. The summed E-state index contributed by atoms with van der Waals surface area (Å²) in [6, 6.07) is 14.6. The van der Waals surface area contributed by atoms with Gasteiger partial charge in [-0.15, -0.1) is 24.0 Å². The summed E-state index contributed by atoms with van der Waals surface area (Å²) in [5, 5.41) is 6.81. The number of aromatic nitrogens is 1. The van der Waals surface area contributed by atoms with Crippen LogP contribution in [0, 0.1) is 0 Å². The SMILES string of the molecule is CCNC(=NCc1ccnc(N(C)C)c1)NCC(C)(C)c1ccccc1.I. The fraction of sp³-hybridized carbons (Fsp3) is 0.429. The van der Waals surface area contributed by atoms with Crippen LogP contribution in [-0.2, 0) is 12.0 Å². The van der Waals surface area contributed by atoms with Gasteiger partial charge in [-0.1, -0.05) is 44.2 Å². The Kier molecular flexibility index (Phi) is 9.55. The molecule has 0 saturated carbocycles. The van der Waals surface area contributed by atoms with Gasteiger partial charge in [0, 0.05) is 38.8 Å². The molecule has 1 aromatic carbocycles. The lowest BCUT2D eigenvalue weighted by atomic mass is 9.85. The largest absolute Gasteiger partial charge is 0.363 e. The molecule has 0 aliphatic carbocycles. The minimum absolute atomic E-state index is 0. The smallest absolute Gasteiger partial charge is 0.191 e. The predicted molar refractivity (Wildman–Crippen MR) is 126 cm³/mol. The van der Waals surface area contributed by atoms with E-state index in [0.29, 0.717) is 6.54 Å². The van der Waals surface area contributed by atoms with E-state index in [4.69, 9.17) is 4.99 Å². The lowest BCUT2D eigenvalue weighted by molar-refractivity contribution is 0.508. The van der Waals surface area contributed by atoms with Crippen LogP contribution in [-0.4, -0.2) is 38.1 Å². The van der Waals surface area contributed by atoms with Crippen molar-refractivity contribution in [2.75, 3.05) is 32.1 Å². The number of rotatable bonds is 7. The van der Waals surface area contributed by atoms with Gasteiger partial charge in [-0.2, -0.15) is 0 Å². The molecule has 6 heteroatoms. The molecule has 0 bridgehead atoms. The van der Waals surface area contributed by atoms with Crippen LogP contribution in [0.25, 0.3) is 0 Å². The Bertz CT molecular complexity index is 714. The number of hydrogen-bond donors (Lipinski definition) is 2. The number of halogens is 1. The number of nitrogens with zero attached hydrogens (tertiary/aromatic N) is 3. The van der Waals surface area contributed by atoms with Crippen molar-refractivity contribution in [3.63, 3.8) is 0 Å². The van der Waals surface area contributed by atoms with Crippen LogP contribution in [0.2, 0.25) is 0 Å². The molecule has 0 saturated heterocycles.